The molecule has 1 heterocycles. The van der Waals surface area contributed by atoms with Crippen LogP contribution in [0.25, 0.3) is 16.3 Å². The van der Waals surface area contributed by atoms with Crippen LogP contribution in [0.4, 0.5) is 15.8 Å². The molecule has 6 heteroatoms. The van der Waals surface area contributed by atoms with Crippen LogP contribution in [0.3, 0.4) is 0 Å². The predicted octanol–water partition coefficient (Wildman–Crippen LogP) is 6.34. The highest BCUT2D eigenvalue weighted by atomic mass is 35.5. The van der Waals surface area contributed by atoms with Gasteiger partial charge in [-0.25, -0.2) is 9.29 Å². The van der Waals surface area contributed by atoms with E-state index in [2.05, 4.69) is 5.32 Å². The number of nitrogens with one attached hydrogen (secondary N) is 1. The molecule has 1 aliphatic heterocycles. The van der Waals surface area contributed by atoms with E-state index in [1.807, 2.05) is 43.3 Å². The molecular formula is C27H18ClFN2O2. The maximum Gasteiger partial charge on any atom is 0.282 e. The topological polar surface area (TPSA) is 49.4 Å². The molecule has 1 N–H and O–H groups in total. The molecule has 0 fully saturated rings. The fraction of sp³-hybridized carbons (Fsp3) is 0.0370. The highest BCUT2D eigenvalue weighted by molar-refractivity contribution is 6.47. The molecule has 0 unspecified atom stereocenters. The molecule has 4 nitrogen and oxygen atoms in total. The number of rotatable bonds is 4. The maximum absolute atomic E-state index is 13.7. The first kappa shape index (κ1) is 20.9. The Morgan fingerprint density at radius 3 is 2.30 bits per heavy atom. The van der Waals surface area contributed by atoms with Crippen LogP contribution < -0.4 is 10.2 Å². The molecule has 33 heavy (non-hydrogen) atoms. The van der Waals surface area contributed by atoms with Gasteiger partial charge >= 0.3 is 0 Å². The van der Waals surface area contributed by atoms with Gasteiger partial charge in [-0.2, -0.15) is 0 Å². The van der Waals surface area contributed by atoms with Gasteiger partial charge in [-0.15, -0.1) is 0 Å². The van der Waals surface area contributed by atoms with Crippen LogP contribution in [0, 0.1) is 12.7 Å². The van der Waals surface area contributed by atoms with Crippen molar-refractivity contribution in [1.82, 2.24) is 0 Å². The van der Waals surface area contributed by atoms with Gasteiger partial charge < -0.3 is 5.32 Å². The highest BCUT2D eigenvalue weighted by Gasteiger charge is 2.41. The molecule has 4 aromatic carbocycles. The Hall–Kier alpha value is -3.96. The van der Waals surface area contributed by atoms with Crippen molar-refractivity contribution >= 4 is 51.1 Å². The monoisotopic (exact) mass is 456 g/mol. The van der Waals surface area contributed by atoms with Crippen molar-refractivity contribution in [1.29, 1.82) is 0 Å². The number of hydrogen-bond acceptors (Lipinski definition) is 3. The fourth-order valence-electron chi connectivity index (χ4n) is 4.03. The number of carbonyl (C=O) groups is 2. The van der Waals surface area contributed by atoms with E-state index in [0.717, 1.165) is 16.3 Å². The Balaban J connectivity index is 1.68. The Kier molecular flexibility index (Phi) is 5.19. The Morgan fingerprint density at radius 2 is 1.52 bits per heavy atom. The predicted molar refractivity (Wildman–Crippen MR) is 130 cm³/mol. The van der Waals surface area contributed by atoms with Gasteiger partial charge in [-0.1, -0.05) is 66.2 Å². The minimum atomic E-state index is -0.491. The zero-order valence-electron chi connectivity index (χ0n) is 17.6. The average molecular weight is 457 g/mol. The van der Waals surface area contributed by atoms with E-state index in [0.29, 0.717) is 22.0 Å². The third kappa shape index (κ3) is 3.56. The number of halogens is 2. The Bertz CT molecular complexity index is 1460. The molecule has 0 radical (unpaired) electrons. The minimum Gasteiger partial charge on any atom is -0.350 e. The van der Waals surface area contributed by atoms with E-state index in [-0.39, 0.29) is 11.3 Å². The van der Waals surface area contributed by atoms with Gasteiger partial charge in [0.15, 0.2) is 0 Å². The van der Waals surface area contributed by atoms with Gasteiger partial charge in [0, 0.05) is 16.1 Å². The van der Waals surface area contributed by atoms with Gasteiger partial charge in [0.2, 0.25) is 0 Å². The van der Waals surface area contributed by atoms with Crippen LogP contribution in [0.2, 0.25) is 5.02 Å². The Morgan fingerprint density at radius 1 is 0.818 bits per heavy atom. The van der Waals surface area contributed by atoms with E-state index >= 15 is 0 Å². The molecule has 5 rings (SSSR count). The number of imide groups is 1. The lowest BCUT2D eigenvalue weighted by Crippen LogP contribution is -2.32. The lowest BCUT2D eigenvalue weighted by molar-refractivity contribution is -0.120. The number of carbonyl (C=O) groups excluding carboxylic acids is 2. The maximum atomic E-state index is 13.7. The van der Waals surface area contributed by atoms with E-state index in [4.69, 9.17) is 11.6 Å². The van der Waals surface area contributed by atoms with Crippen molar-refractivity contribution in [2.24, 2.45) is 0 Å². The summed E-state index contributed by atoms with van der Waals surface area (Å²) in [5.74, 6) is -1.40. The van der Waals surface area contributed by atoms with Crippen LogP contribution in [0.15, 0.2) is 90.6 Å². The number of anilines is 2. The molecule has 0 saturated heterocycles. The summed E-state index contributed by atoms with van der Waals surface area (Å²) in [5, 5.41) is 5.35. The summed E-state index contributed by atoms with van der Waals surface area (Å²) in [4.78, 5) is 28.5. The molecule has 0 atom stereocenters. The van der Waals surface area contributed by atoms with Crippen molar-refractivity contribution in [3.8, 4) is 0 Å². The molecule has 0 saturated carbocycles. The van der Waals surface area contributed by atoms with E-state index in [1.165, 1.54) is 29.2 Å². The first-order valence-corrected chi connectivity index (χ1v) is 10.7. The molecule has 0 aromatic heterocycles. The summed E-state index contributed by atoms with van der Waals surface area (Å²) < 4.78 is 13.6. The standard InChI is InChI=1S/C27H18ClFN2O2/c1-16-21(28)9-5-10-22(16)30-25-24(18-12-14-19(29)15-13-18)26(32)31(27(25)33)23-11-4-7-17-6-2-3-8-20(17)23/h2-15,30H,1H3. The smallest absolute Gasteiger partial charge is 0.282 e. The summed E-state index contributed by atoms with van der Waals surface area (Å²) >= 11 is 6.27. The van der Waals surface area contributed by atoms with Gasteiger partial charge in [0.05, 0.1) is 11.3 Å². The molecule has 162 valence electrons. The molecular weight excluding hydrogens is 439 g/mol. The molecule has 0 bridgehead atoms. The fourth-order valence-corrected chi connectivity index (χ4v) is 4.20. The first-order chi connectivity index (χ1) is 16.0. The summed E-state index contributed by atoms with van der Waals surface area (Å²) in [7, 11) is 0. The third-order valence-corrected chi connectivity index (χ3v) is 6.16. The van der Waals surface area contributed by atoms with Crippen LogP contribution >= 0.6 is 11.6 Å². The number of fused-ring (bicyclic) bond motifs is 1. The van der Waals surface area contributed by atoms with Crippen LogP contribution in [0.1, 0.15) is 11.1 Å². The Labute approximate surface area is 194 Å². The second-order valence-corrected chi connectivity index (χ2v) is 8.15. The number of nitrogens with zero attached hydrogens (tertiary/aromatic N) is 1. The van der Waals surface area contributed by atoms with Crippen molar-refractivity contribution in [2.75, 3.05) is 10.2 Å². The van der Waals surface area contributed by atoms with E-state index < -0.39 is 17.6 Å². The zero-order valence-corrected chi connectivity index (χ0v) is 18.4. The van der Waals surface area contributed by atoms with Crippen LogP contribution in [-0.4, -0.2) is 11.8 Å². The van der Waals surface area contributed by atoms with Crippen molar-refractivity contribution in [2.45, 2.75) is 6.92 Å². The molecule has 0 spiro atoms. The first-order valence-electron chi connectivity index (χ1n) is 10.3. The van der Waals surface area contributed by atoms with Crippen molar-refractivity contribution < 1.29 is 14.0 Å². The second-order valence-electron chi connectivity index (χ2n) is 7.74. The minimum absolute atomic E-state index is 0.116. The van der Waals surface area contributed by atoms with Crippen LogP contribution in [0.5, 0.6) is 0 Å². The second kappa shape index (κ2) is 8.19. The lowest BCUT2D eigenvalue weighted by atomic mass is 10.0. The summed E-state index contributed by atoms with van der Waals surface area (Å²) in [5.41, 5.74) is 2.58. The molecule has 1 aliphatic rings. The quantitative estimate of drug-likeness (QED) is 0.365. The normalized spacial score (nSPS) is 13.8. The van der Waals surface area contributed by atoms with Gasteiger partial charge in [-0.3, -0.25) is 9.59 Å². The van der Waals surface area contributed by atoms with E-state index in [1.54, 1.807) is 24.3 Å². The lowest BCUT2D eigenvalue weighted by Gasteiger charge is -2.18. The third-order valence-electron chi connectivity index (χ3n) is 5.75. The zero-order chi connectivity index (χ0) is 23.1. The van der Waals surface area contributed by atoms with Crippen molar-refractivity contribution in [3.63, 3.8) is 0 Å². The summed E-state index contributed by atoms with van der Waals surface area (Å²) in [6.45, 7) is 1.83. The largest absolute Gasteiger partial charge is 0.350 e. The number of benzene rings is 4. The van der Waals surface area contributed by atoms with Gasteiger partial charge in [0.25, 0.3) is 11.8 Å². The van der Waals surface area contributed by atoms with Gasteiger partial charge in [-0.05, 0) is 53.8 Å². The molecule has 4 aromatic rings. The highest BCUT2D eigenvalue weighted by Crippen LogP contribution is 2.37. The SMILES string of the molecule is Cc1c(Cl)cccc1NC1=C(c2ccc(F)cc2)C(=O)N(c2cccc3ccccc23)C1=O. The van der Waals surface area contributed by atoms with Crippen molar-refractivity contribution in [3.05, 3.63) is 113 Å². The van der Waals surface area contributed by atoms with E-state index in [9.17, 15) is 14.0 Å². The van der Waals surface area contributed by atoms with Gasteiger partial charge in [0.1, 0.15) is 11.5 Å². The molecule has 2 amide bonds. The summed E-state index contributed by atoms with van der Waals surface area (Å²) in [6.07, 6.45) is 0. The average Bonchev–Trinajstić information content (AvgIpc) is 3.06. The van der Waals surface area contributed by atoms with Crippen LogP contribution in [-0.2, 0) is 9.59 Å². The number of amides is 2. The molecule has 0 aliphatic carbocycles. The number of hydrogen-bond donors (Lipinski definition) is 1. The summed E-state index contributed by atoms with van der Waals surface area (Å²) in [6, 6.07) is 23.9.